The Kier molecular flexibility index (Phi) is 2.77. The number of amides is 1. The van der Waals surface area contributed by atoms with Gasteiger partial charge in [0, 0.05) is 11.1 Å². The van der Waals surface area contributed by atoms with E-state index in [1.54, 1.807) is 6.92 Å². The van der Waals surface area contributed by atoms with Gasteiger partial charge in [-0.25, -0.2) is 0 Å². The molecule has 0 unspecified atom stereocenters. The van der Waals surface area contributed by atoms with Crippen molar-refractivity contribution in [2.24, 2.45) is 5.73 Å². The summed E-state index contributed by atoms with van der Waals surface area (Å²) in [5, 5.41) is 5.35. The van der Waals surface area contributed by atoms with Crippen LogP contribution in [0.3, 0.4) is 0 Å². The summed E-state index contributed by atoms with van der Waals surface area (Å²) in [7, 11) is 0. The zero-order valence-electron chi connectivity index (χ0n) is 9.10. The number of nitrogens with two attached hydrogens (primary N) is 1. The van der Waals surface area contributed by atoms with Crippen molar-refractivity contribution in [1.82, 2.24) is 0 Å². The van der Waals surface area contributed by atoms with Gasteiger partial charge in [-0.3, -0.25) is 4.79 Å². The summed E-state index contributed by atoms with van der Waals surface area (Å²) in [5.41, 5.74) is 6.16. The van der Waals surface area contributed by atoms with Crippen LogP contribution in [-0.2, 0) is 4.79 Å². The van der Waals surface area contributed by atoms with Crippen molar-refractivity contribution in [3.8, 4) is 0 Å². The SMILES string of the molecule is C[C@@H](Nc1cccc2ccccc12)C(N)=O. The first-order valence-electron chi connectivity index (χ1n) is 5.22. The second kappa shape index (κ2) is 4.23. The lowest BCUT2D eigenvalue weighted by atomic mass is 10.1. The molecule has 3 N–H and O–H groups in total. The van der Waals surface area contributed by atoms with Gasteiger partial charge in [-0.1, -0.05) is 36.4 Å². The molecule has 0 bridgehead atoms. The van der Waals surface area contributed by atoms with E-state index in [9.17, 15) is 4.79 Å². The van der Waals surface area contributed by atoms with Crippen LogP contribution in [0, 0.1) is 0 Å². The van der Waals surface area contributed by atoms with E-state index in [2.05, 4.69) is 5.32 Å². The van der Waals surface area contributed by atoms with Crippen molar-refractivity contribution >= 4 is 22.4 Å². The smallest absolute Gasteiger partial charge is 0.239 e. The fourth-order valence-corrected chi connectivity index (χ4v) is 1.66. The Morgan fingerprint density at radius 1 is 1.19 bits per heavy atom. The van der Waals surface area contributed by atoms with Crippen molar-refractivity contribution in [2.75, 3.05) is 5.32 Å². The summed E-state index contributed by atoms with van der Waals surface area (Å²) in [4.78, 5) is 11.0. The van der Waals surface area contributed by atoms with E-state index in [1.807, 2.05) is 42.5 Å². The van der Waals surface area contributed by atoms with Crippen molar-refractivity contribution in [3.63, 3.8) is 0 Å². The number of anilines is 1. The van der Waals surface area contributed by atoms with Crippen molar-refractivity contribution in [2.45, 2.75) is 13.0 Å². The van der Waals surface area contributed by atoms with Crippen LogP contribution in [0.1, 0.15) is 6.92 Å². The molecule has 0 radical (unpaired) electrons. The number of nitrogens with one attached hydrogen (secondary N) is 1. The average Bonchev–Trinajstić information content (AvgIpc) is 2.29. The lowest BCUT2D eigenvalue weighted by Crippen LogP contribution is -2.32. The van der Waals surface area contributed by atoms with E-state index in [1.165, 1.54) is 0 Å². The minimum atomic E-state index is -0.370. The van der Waals surface area contributed by atoms with E-state index >= 15 is 0 Å². The molecule has 2 rings (SSSR count). The fourth-order valence-electron chi connectivity index (χ4n) is 1.66. The fraction of sp³-hybridized carbons (Fsp3) is 0.154. The van der Waals surface area contributed by atoms with Crippen LogP contribution in [0.25, 0.3) is 10.8 Å². The first-order valence-corrected chi connectivity index (χ1v) is 5.22. The van der Waals surface area contributed by atoms with Gasteiger partial charge in [-0.2, -0.15) is 0 Å². The molecule has 3 heteroatoms. The number of benzene rings is 2. The molecule has 0 aliphatic rings. The molecule has 0 aliphatic carbocycles. The van der Waals surface area contributed by atoms with Gasteiger partial charge in [0.15, 0.2) is 0 Å². The molecule has 2 aromatic rings. The summed E-state index contributed by atoms with van der Waals surface area (Å²) >= 11 is 0. The van der Waals surface area contributed by atoms with E-state index in [0.717, 1.165) is 16.5 Å². The quantitative estimate of drug-likeness (QED) is 0.822. The number of fused-ring (bicyclic) bond motifs is 1. The van der Waals surface area contributed by atoms with Crippen LogP contribution in [0.2, 0.25) is 0 Å². The maximum Gasteiger partial charge on any atom is 0.239 e. The van der Waals surface area contributed by atoms with Gasteiger partial charge in [-0.15, -0.1) is 0 Å². The number of carbonyl (C=O) groups is 1. The van der Waals surface area contributed by atoms with Crippen LogP contribution >= 0.6 is 0 Å². The van der Waals surface area contributed by atoms with E-state index in [4.69, 9.17) is 5.73 Å². The van der Waals surface area contributed by atoms with Crippen LogP contribution in [0.15, 0.2) is 42.5 Å². The van der Waals surface area contributed by atoms with Gasteiger partial charge in [-0.05, 0) is 18.4 Å². The largest absolute Gasteiger partial charge is 0.373 e. The third-order valence-electron chi connectivity index (χ3n) is 2.59. The number of carbonyl (C=O) groups excluding carboxylic acids is 1. The first-order chi connectivity index (χ1) is 7.68. The second-order valence-corrected chi connectivity index (χ2v) is 3.80. The molecule has 82 valence electrons. The van der Waals surface area contributed by atoms with Crippen molar-refractivity contribution in [1.29, 1.82) is 0 Å². The van der Waals surface area contributed by atoms with Gasteiger partial charge >= 0.3 is 0 Å². The molecule has 3 nitrogen and oxygen atoms in total. The average molecular weight is 214 g/mol. The number of hydrogen-bond donors (Lipinski definition) is 2. The van der Waals surface area contributed by atoms with Gasteiger partial charge in [0.05, 0.1) is 0 Å². The van der Waals surface area contributed by atoms with Crippen molar-refractivity contribution in [3.05, 3.63) is 42.5 Å². The summed E-state index contributed by atoms with van der Waals surface area (Å²) in [6, 6.07) is 13.6. The number of primary amides is 1. The molecule has 0 fully saturated rings. The third-order valence-corrected chi connectivity index (χ3v) is 2.59. The van der Waals surface area contributed by atoms with Crippen LogP contribution < -0.4 is 11.1 Å². The van der Waals surface area contributed by atoms with E-state index in [-0.39, 0.29) is 11.9 Å². The molecule has 16 heavy (non-hydrogen) atoms. The molecule has 0 aliphatic heterocycles. The van der Waals surface area contributed by atoms with E-state index < -0.39 is 0 Å². The second-order valence-electron chi connectivity index (χ2n) is 3.80. The molecule has 2 aromatic carbocycles. The number of hydrogen-bond acceptors (Lipinski definition) is 2. The highest BCUT2D eigenvalue weighted by Gasteiger charge is 2.09. The van der Waals surface area contributed by atoms with Gasteiger partial charge in [0.1, 0.15) is 6.04 Å². The Morgan fingerprint density at radius 2 is 1.88 bits per heavy atom. The predicted molar refractivity (Wildman–Crippen MR) is 66.2 cm³/mol. The van der Waals surface area contributed by atoms with Crippen molar-refractivity contribution < 1.29 is 4.79 Å². The van der Waals surface area contributed by atoms with Crippen LogP contribution in [-0.4, -0.2) is 11.9 Å². The normalized spacial score (nSPS) is 12.3. The molecule has 0 saturated heterocycles. The lowest BCUT2D eigenvalue weighted by molar-refractivity contribution is -0.118. The summed E-state index contributed by atoms with van der Waals surface area (Å²) in [6.07, 6.45) is 0. The first kappa shape index (κ1) is 10.5. The maximum atomic E-state index is 11.0. The maximum absolute atomic E-state index is 11.0. The zero-order chi connectivity index (χ0) is 11.5. The van der Waals surface area contributed by atoms with Crippen LogP contribution in [0.4, 0.5) is 5.69 Å². The standard InChI is InChI=1S/C13H14N2O/c1-9(13(14)16)15-12-8-4-6-10-5-2-3-7-11(10)12/h2-9,15H,1H3,(H2,14,16)/t9-/m1/s1. The Balaban J connectivity index is 2.41. The number of rotatable bonds is 3. The Hall–Kier alpha value is -2.03. The third kappa shape index (κ3) is 1.98. The Labute approximate surface area is 94.3 Å². The highest BCUT2D eigenvalue weighted by Crippen LogP contribution is 2.23. The summed E-state index contributed by atoms with van der Waals surface area (Å²) in [6.45, 7) is 1.75. The van der Waals surface area contributed by atoms with Gasteiger partial charge in [0.2, 0.25) is 5.91 Å². The lowest BCUT2D eigenvalue weighted by Gasteiger charge is -2.13. The molecule has 0 aromatic heterocycles. The molecule has 0 spiro atoms. The molecular weight excluding hydrogens is 200 g/mol. The summed E-state index contributed by atoms with van der Waals surface area (Å²) in [5.74, 6) is -0.354. The monoisotopic (exact) mass is 214 g/mol. The Bertz CT molecular complexity index is 517. The molecule has 0 saturated carbocycles. The topological polar surface area (TPSA) is 55.1 Å². The predicted octanol–water partition coefficient (Wildman–Crippen LogP) is 2.13. The highest BCUT2D eigenvalue weighted by atomic mass is 16.1. The molecule has 1 amide bonds. The molecular formula is C13H14N2O. The van der Waals surface area contributed by atoms with Gasteiger partial charge in [0.25, 0.3) is 0 Å². The van der Waals surface area contributed by atoms with Crippen LogP contribution in [0.5, 0.6) is 0 Å². The molecule has 1 atom stereocenters. The zero-order valence-corrected chi connectivity index (χ0v) is 9.10. The summed E-state index contributed by atoms with van der Waals surface area (Å²) < 4.78 is 0. The Morgan fingerprint density at radius 3 is 2.62 bits per heavy atom. The van der Waals surface area contributed by atoms with Gasteiger partial charge < -0.3 is 11.1 Å². The van der Waals surface area contributed by atoms with E-state index in [0.29, 0.717) is 0 Å². The minimum absolute atomic E-state index is 0.354. The highest BCUT2D eigenvalue weighted by molar-refractivity contribution is 5.95. The molecule has 0 heterocycles. The minimum Gasteiger partial charge on any atom is -0.373 e.